The van der Waals surface area contributed by atoms with Crippen molar-refractivity contribution in [2.75, 3.05) is 40.6 Å². The molecule has 3 unspecified atom stereocenters. The van der Waals surface area contributed by atoms with Gasteiger partial charge in [0.1, 0.15) is 12.7 Å². The number of hydrogen-bond acceptors (Lipinski definition) is 14. The summed E-state index contributed by atoms with van der Waals surface area (Å²) in [5.74, 6) is -1.31. The quantitative estimate of drug-likeness (QED) is 0.0437. The van der Waals surface area contributed by atoms with Crippen molar-refractivity contribution in [1.29, 1.82) is 0 Å². The Morgan fingerprint density at radius 2 is 1.32 bits per heavy atom. The van der Waals surface area contributed by atoms with Crippen LogP contribution in [-0.4, -0.2) is 89.1 Å². The van der Waals surface area contributed by atoms with Gasteiger partial charge in [-0.15, -0.1) is 0 Å². The molecule has 0 aliphatic rings. The summed E-state index contributed by atoms with van der Waals surface area (Å²) in [6, 6.07) is 0. The summed E-state index contributed by atoms with van der Waals surface area (Å²) in [5, 5.41) is 0. The number of phosphoric acid groups is 1. The number of nitrogens with two attached hydrogens (primary N) is 2. The third kappa shape index (κ3) is 28.1. The summed E-state index contributed by atoms with van der Waals surface area (Å²) < 4.78 is 47.7. The van der Waals surface area contributed by atoms with E-state index >= 15 is 0 Å². The van der Waals surface area contributed by atoms with Gasteiger partial charge in [-0.2, -0.15) is 0 Å². The number of ether oxygens (including phenoxy) is 4. The molecule has 0 heterocycles. The molecule has 0 radical (unpaired) electrons. The van der Waals surface area contributed by atoms with E-state index in [4.69, 9.17) is 44.0 Å². The Kier molecular flexibility index (Phi) is 30.9. The van der Waals surface area contributed by atoms with Gasteiger partial charge in [-0.05, 0) is 27.7 Å². The van der Waals surface area contributed by atoms with Crippen LogP contribution < -0.4 is 149 Å². The van der Waals surface area contributed by atoms with Crippen molar-refractivity contribution in [3.63, 3.8) is 0 Å². The third-order valence-electron chi connectivity index (χ3n) is 3.56. The molecule has 37 heavy (non-hydrogen) atoms. The zero-order valence-electron chi connectivity index (χ0n) is 23.0. The largest absolute Gasteiger partial charge is 1.00 e. The number of hydrogen-bond donors (Lipinski definition) is 2. The fraction of sp³-hybridized carbons (Fsp3) is 0.800. The molecule has 0 saturated carbocycles. The maximum absolute atomic E-state index is 12.7. The van der Waals surface area contributed by atoms with E-state index in [1.54, 1.807) is 27.7 Å². The summed E-state index contributed by atoms with van der Waals surface area (Å²) in [5.41, 5.74) is 9.96. The van der Waals surface area contributed by atoms with Crippen LogP contribution in [0.3, 0.4) is 0 Å². The monoisotopic (exact) mass is 794 g/mol. The van der Waals surface area contributed by atoms with E-state index in [1.165, 1.54) is 13.6 Å². The van der Waals surface area contributed by atoms with E-state index in [2.05, 4.69) is 11.5 Å². The van der Waals surface area contributed by atoms with Crippen LogP contribution in [0.1, 0.15) is 40.5 Å². The van der Waals surface area contributed by atoms with Crippen molar-refractivity contribution in [3.8, 4) is 0 Å². The van der Waals surface area contributed by atoms with Crippen LogP contribution in [-0.2, 0) is 56.3 Å². The molecule has 3 atom stereocenters. The van der Waals surface area contributed by atoms with Crippen LogP contribution >= 0.6 is 7.82 Å². The van der Waals surface area contributed by atoms with Gasteiger partial charge in [0.15, 0.2) is 6.10 Å². The Balaban J connectivity index is -0.00000132. The molecule has 0 aromatic carbocycles. The van der Waals surface area contributed by atoms with Gasteiger partial charge >= 0.3 is 158 Å². The molecule has 17 heteroatoms. The second-order valence-electron chi connectivity index (χ2n) is 8.63. The Bertz CT molecular complexity index is 689. The van der Waals surface area contributed by atoms with Crippen molar-refractivity contribution in [3.05, 3.63) is 0 Å². The Morgan fingerprint density at radius 1 is 0.865 bits per heavy atom. The van der Waals surface area contributed by atoms with E-state index in [-0.39, 0.29) is 164 Å². The van der Waals surface area contributed by atoms with Crippen LogP contribution in [0.2, 0.25) is 0 Å². The average molecular weight is 794 g/mol. The van der Waals surface area contributed by atoms with Gasteiger partial charge in [-0.25, -0.2) is 4.57 Å². The van der Waals surface area contributed by atoms with Gasteiger partial charge in [0, 0.05) is 25.3 Å². The topological polar surface area (TPSA) is 202 Å². The standard InChI is InChI=1S/C19H36N2O11P.CHO.2Cs/c1-18(2,20)7-16(23)28-10-15(32-17(24)8-19(3,4)21)12-31-33(25,27-6)30-11-14(9-26-5)29-13-22;1-2;;/h14-15H,7-12,20-21H2,1-6H3;1H;;/q2*-1;2*+1. The molecule has 4 N–H and O–H groups in total. The van der Waals surface area contributed by atoms with Crippen molar-refractivity contribution in [2.45, 2.75) is 63.8 Å². The zero-order chi connectivity index (χ0) is 27.7. The molecular weight excluding hydrogens is 757 g/mol. The van der Waals surface area contributed by atoms with E-state index in [0.717, 1.165) is 7.11 Å². The summed E-state index contributed by atoms with van der Waals surface area (Å²) >= 11 is 0. The van der Waals surface area contributed by atoms with Gasteiger partial charge in [0.2, 0.25) is 0 Å². The predicted molar refractivity (Wildman–Crippen MR) is 122 cm³/mol. The van der Waals surface area contributed by atoms with Crippen molar-refractivity contribution >= 4 is 33.0 Å². The Labute approximate surface area is 336 Å². The van der Waals surface area contributed by atoms with Crippen molar-refractivity contribution in [1.82, 2.24) is 0 Å². The second kappa shape index (κ2) is 24.7. The number of phosphoric ester groups is 1. The molecule has 0 saturated heterocycles. The molecule has 0 rings (SSSR count). The van der Waals surface area contributed by atoms with E-state index in [0.29, 0.717) is 0 Å². The smallest absolute Gasteiger partial charge is 0.648 e. The van der Waals surface area contributed by atoms with E-state index in [9.17, 15) is 18.9 Å². The van der Waals surface area contributed by atoms with Crippen molar-refractivity contribution in [2.24, 2.45) is 11.5 Å². The fourth-order valence-corrected chi connectivity index (χ4v) is 3.17. The predicted octanol–water partition coefficient (Wildman–Crippen LogP) is -5.68. The van der Waals surface area contributed by atoms with E-state index < -0.39 is 56.3 Å². The summed E-state index contributed by atoms with van der Waals surface area (Å²) in [6.07, 6.45) is -2.28. The minimum Gasteiger partial charge on any atom is -0.648 e. The first-order chi connectivity index (χ1) is 16.1. The molecule has 0 aliphatic heterocycles. The average Bonchev–Trinajstić information content (AvgIpc) is 2.73. The maximum atomic E-state index is 12.7. The first kappa shape index (κ1) is 46.1. The fourth-order valence-electron chi connectivity index (χ4n) is 2.19. The molecule has 0 aromatic heterocycles. The zero-order valence-corrected chi connectivity index (χ0v) is 36.4. The van der Waals surface area contributed by atoms with Gasteiger partial charge in [0.05, 0.1) is 32.7 Å². The molecule has 206 valence electrons. The number of carbonyl (C=O) groups is 2. The third-order valence-corrected chi connectivity index (χ3v) is 4.93. The van der Waals surface area contributed by atoms with Crippen LogP contribution in [0.4, 0.5) is 0 Å². The minimum atomic E-state index is -4.16. The van der Waals surface area contributed by atoms with Gasteiger partial charge in [-0.1, -0.05) is 6.47 Å². The molecule has 0 bridgehead atoms. The van der Waals surface area contributed by atoms with Crippen LogP contribution in [0.15, 0.2) is 0 Å². The van der Waals surface area contributed by atoms with Crippen LogP contribution in [0.25, 0.3) is 0 Å². The Hall–Kier alpha value is 2.17. The number of esters is 2. The summed E-state index contributed by atoms with van der Waals surface area (Å²) in [6.45, 7) is 9.69. The van der Waals surface area contributed by atoms with Gasteiger partial charge < -0.3 is 40.0 Å². The minimum absolute atomic E-state index is 0. The normalized spacial score (nSPS) is 14.2. The summed E-state index contributed by atoms with van der Waals surface area (Å²) in [7, 11) is -1.73. The van der Waals surface area contributed by atoms with Crippen LogP contribution in [0, 0.1) is 0 Å². The van der Waals surface area contributed by atoms with Gasteiger partial charge in [0.25, 0.3) is 0 Å². The Morgan fingerprint density at radius 3 is 1.73 bits per heavy atom. The number of methoxy groups -OCH3 is 1. The second-order valence-corrected chi connectivity index (χ2v) is 10.4. The molecule has 14 nitrogen and oxygen atoms in total. The molecule has 0 spiro atoms. The van der Waals surface area contributed by atoms with Gasteiger partial charge in [-0.3, -0.25) is 29.9 Å². The van der Waals surface area contributed by atoms with Crippen molar-refractivity contribution < 1.29 is 194 Å². The first-order valence-electron chi connectivity index (χ1n) is 10.3. The molecule has 0 aliphatic carbocycles. The number of rotatable bonds is 18. The molecule has 0 fully saturated rings. The first-order valence-corrected chi connectivity index (χ1v) is 11.7. The van der Waals surface area contributed by atoms with E-state index in [1.807, 2.05) is 0 Å². The molecular formula is C20H37Cs2N2O12P. The summed E-state index contributed by atoms with van der Waals surface area (Å²) in [4.78, 5) is 42.3. The van der Waals surface area contributed by atoms with Crippen LogP contribution in [0.5, 0.6) is 0 Å². The number of carbonyl (C=O) groups excluding carboxylic acids is 4. The molecule has 0 aromatic rings. The SMILES string of the molecule is COCC(COP(=O)(OC)OCC(COC(=O)CC(C)(C)N)OC(=O)CC(C)(C)N)O[C-]=O.[CH-]=O.[Cs+].[Cs+]. The molecule has 0 amide bonds. The maximum Gasteiger partial charge on any atom is 1.00 e.